The first-order valence-electron chi connectivity index (χ1n) is 10.3. The highest BCUT2D eigenvalue weighted by atomic mass is 16.4. The molecule has 0 fully saturated rings. The monoisotopic (exact) mass is 356 g/mol. The number of phenols is 1. The third-order valence-corrected chi connectivity index (χ3v) is 5.97. The minimum Gasteiger partial charge on any atom is -0.507 e. The molecule has 0 saturated heterocycles. The Kier molecular flexibility index (Phi) is 6.05. The zero-order valence-corrected chi connectivity index (χ0v) is 16.4. The fourth-order valence-electron chi connectivity index (χ4n) is 4.27. The maximum Gasteiger partial charge on any atom is 0.339 e. The molecular weight excluding hydrogens is 324 g/mol. The van der Waals surface area contributed by atoms with E-state index in [4.69, 9.17) is 4.42 Å². The van der Waals surface area contributed by atoms with Crippen molar-refractivity contribution in [2.75, 3.05) is 0 Å². The Labute approximate surface area is 156 Å². The van der Waals surface area contributed by atoms with E-state index in [-0.39, 0.29) is 11.4 Å². The molecule has 0 radical (unpaired) electrons. The molecule has 3 rings (SSSR count). The number of fused-ring (bicyclic) bond motifs is 3. The topological polar surface area (TPSA) is 50.4 Å². The van der Waals surface area contributed by atoms with E-state index in [1.165, 1.54) is 32.1 Å². The molecule has 1 aliphatic rings. The van der Waals surface area contributed by atoms with Crippen molar-refractivity contribution in [3.8, 4) is 5.75 Å². The maximum absolute atomic E-state index is 12.4. The SMILES string of the molecule is CCCCCCCC(C)c1cc(O)c2c3c(c(=O)oc2c1)CCC(C)C3. The number of aromatic hydroxyl groups is 1. The van der Waals surface area contributed by atoms with E-state index in [9.17, 15) is 9.90 Å². The fourth-order valence-corrected chi connectivity index (χ4v) is 4.27. The van der Waals surface area contributed by atoms with Crippen LogP contribution < -0.4 is 5.63 Å². The van der Waals surface area contributed by atoms with Gasteiger partial charge in [-0.05, 0) is 60.8 Å². The number of benzene rings is 1. The van der Waals surface area contributed by atoms with Gasteiger partial charge in [0.05, 0.1) is 5.39 Å². The van der Waals surface area contributed by atoms with Crippen LogP contribution in [-0.4, -0.2) is 5.11 Å². The molecule has 142 valence electrons. The molecule has 2 aromatic rings. The first kappa shape index (κ1) is 19.0. The van der Waals surface area contributed by atoms with Gasteiger partial charge in [-0.1, -0.05) is 52.9 Å². The minimum absolute atomic E-state index is 0.219. The van der Waals surface area contributed by atoms with Gasteiger partial charge in [-0.15, -0.1) is 0 Å². The molecule has 0 aliphatic heterocycles. The van der Waals surface area contributed by atoms with E-state index < -0.39 is 0 Å². The number of phenolic OH excluding ortho intramolecular Hbond substituents is 1. The zero-order chi connectivity index (χ0) is 18.7. The Balaban J connectivity index is 1.87. The molecule has 0 saturated carbocycles. The van der Waals surface area contributed by atoms with Gasteiger partial charge in [-0.3, -0.25) is 0 Å². The Bertz CT molecular complexity index is 818. The van der Waals surface area contributed by atoms with Gasteiger partial charge >= 0.3 is 5.63 Å². The third-order valence-electron chi connectivity index (χ3n) is 5.97. The van der Waals surface area contributed by atoms with E-state index >= 15 is 0 Å². The molecule has 0 bridgehead atoms. The lowest BCUT2D eigenvalue weighted by Crippen LogP contribution is -2.20. The summed E-state index contributed by atoms with van der Waals surface area (Å²) < 4.78 is 5.61. The van der Waals surface area contributed by atoms with Crippen molar-refractivity contribution < 1.29 is 9.52 Å². The Morgan fingerprint density at radius 1 is 1.19 bits per heavy atom. The van der Waals surface area contributed by atoms with Gasteiger partial charge in [0.1, 0.15) is 11.3 Å². The van der Waals surface area contributed by atoms with Crippen molar-refractivity contribution in [1.29, 1.82) is 0 Å². The standard InChI is InChI=1S/C23H32O3/c1-4-5-6-7-8-9-16(3)17-13-20(24)22-19-12-15(2)10-11-18(19)23(25)26-21(22)14-17/h13-16,24H,4-12H2,1-3H3. The van der Waals surface area contributed by atoms with Gasteiger partial charge in [0, 0.05) is 5.56 Å². The summed E-state index contributed by atoms with van der Waals surface area (Å²) >= 11 is 0. The van der Waals surface area contributed by atoms with Gasteiger partial charge in [-0.2, -0.15) is 0 Å². The minimum atomic E-state index is -0.219. The summed E-state index contributed by atoms with van der Waals surface area (Å²) in [6.07, 6.45) is 10.0. The number of rotatable bonds is 7. The Morgan fingerprint density at radius 3 is 2.73 bits per heavy atom. The van der Waals surface area contributed by atoms with Crippen molar-refractivity contribution in [2.45, 2.75) is 84.5 Å². The second-order valence-electron chi connectivity index (χ2n) is 8.21. The summed E-state index contributed by atoms with van der Waals surface area (Å²) in [5.74, 6) is 1.16. The van der Waals surface area contributed by atoms with Crippen LogP contribution in [0.5, 0.6) is 5.75 Å². The molecular formula is C23H32O3. The Morgan fingerprint density at radius 2 is 1.96 bits per heavy atom. The maximum atomic E-state index is 12.4. The predicted octanol–water partition coefficient (Wildman–Crippen LogP) is 6.09. The fraction of sp³-hybridized carbons (Fsp3) is 0.609. The summed E-state index contributed by atoms with van der Waals surface area (Å²) in [6, 6.07) is 3.87. The normalized spacial score (nSPS) is 18.0. The van der Waals surface area contributed by atoms with Crippen molar-refractivity contribution in [3.05, 3.63) is 39.2 Å². The molecule has 2 unspecified atom stereocenters. The van der Waals surface area contributed by atoms with Crippen LogP contribution in [0.3, 0.4) is 0 Å². The highest BCUT2D eigenvalue weighted by Crippen LogP contribution is 2.37. The predicted molar refractivity (Wildman–Crippen MR) is 107 cm³/mol. The van der Waals surface area contributed by atoms with Crippen LogP contribution in [0.2, 0.25) is 0 Å². The van der Waals surface area contributed by atoms with Crippen molar-refractivity contribution in [2.24, 2.45) is 5.92 Å². The summed E-state index contributed by atoms with van der Waals surface area (Å²) in [5.41, 5.74) is 3.17. The number of hydrogen-bond acceptors (Lipinski definition) is 3. The second kappa shape index (κ2) is 8.28. The van der Waals surface area contributed by atoms with Crippen LogP contribution >= 0.6 is 0 Å². The molecule has 0 spiro atoms. The average Bonchev–Trinajstić information content (AvgIpc) is 2.60. The van der Waals surface area contributed by atoms with Gasteiger partial charge in [-0.25, -0.2) is 4.79 Å². The first-order valence-corrected chi connectivity index (χ1v) is 10.3. The molecule has 26 heavy (non-hydrogen) atoms. The lowest BCUT2D eigenvalue weighted by Gasteiger charge is -2.22. The molecule has 3 heteroatoms. The average molecular weight is 357 g/mol. The molecule has 3 nitrogen and oxygen atoms in total. The second-order valence-corrected chi connectivity index (χ2v) is 8.21. The number of unbranched alkanes of at least 4 members (excludes halogenated alkanes) is 4. The lowest BCUT2D eigenvalue weighted by atomic mass is 9.83. The summed E-state index contributed by atoms with van der Waals surface area (Å²) in [4.78, 5) is 12.4. The molecule has 0 amide bonds. The van der Waals surface area contributed by atoms with Gasteiger partial charge in [0.25, 0.3) is 0 Å². The third kappa shape index (κ3) is 3.97. The lowest BCUT2D eigenvalue weighted by molar-refractivity contribution is 0.459. The molecule has 1 aliphatic carbocycles. The molecule has 1 aromatic heterocycles. The highest BCUT2D eigenvalue weighted by Gasteiger charge is 2.24. The van der Waals surface area contributed by atoms with Gasteiger partial charge in [0.15, 0.2) is 0 Å². The molecule has 1 N–H and O–H groups in total. The van der Waals surface area contributed by atoms with Gasteiger partial charge < -0.3 is 9.52 Å². The smallest absolute Gasteiger partial charge is 0.339 e. The van der Waals surface area contributed by atoms with Crippen molar-refractivity contribution >= 4 is 11.0 Å². The van der Waals surface area contributed by atoms with Crippen LogP contribution in [0.4, 0.5) is 0 Å². The van der Waals surface area contributed by atoms with Crippen LogP contribution in [0.1, 0.15) is 88.3 Å². The largest absolute Gasteiger partial charge is 0.507 e. The van der Waals surface area contributed by atoms with E-state index in [0.717, 1.165) is 47.8 Å². The van der Waals surface area contributed by atoms with E-state index in [1.54, 1.807) is 0 Å². The molecule has 2 atom stereocenters. The van der Waals surface area contributed by atoms with Crippen LogP contribution in [0.15, 0.2) is 21.3 Å². The van der Waals surface area contributed by atoms with Crippen LogP contribution in [0.25, 0.3) is 11.0 Å². The van der Waals surface area contributed by atoms with E-state index in [0.29, 0.717) is 17.4 Å². The molecule has 1 heterocycles. The Hall–Kier alpha value is -1.77. The van der Waals surface area contributed by atoms with E-state index in [2.05, 4.69) is 20.8 Å². The van der Waals surface area contributed by atoms with Gasteiger partial charge in [0.2, 0.25) is 0 Å². The summed E-state index contributed by atoms with van der Waals surface area (Å²) in [6.45, 7) is 6.63. The summed E-state index contributed by atoms with van der Waals surface area (Å²) in [5, 5.41) is 11.5. The van der Waals surface area contributed by atoms with E-state index in [1.807, 2.05) is 12.1 Å². The quantitative estimate of drug-likeness (QED) is 0.482. The molecule has 1 aromatic carbocycles. The zero-order valence-electron chi connectivity index (χ0n) is 16.4. The number of hydrogen-bond donors (Lipinski definition) is 1. The first-order chi connectivity index (χ1) is 12.5. The summed E-state index contributed by atoms with van der Waals surface area (Å²) in [7, 11) is 0. The van der Waals surface area contributed by atoms with Crippen LogP contribution in [-0.2, 0) is 12.8 Å². The van der Waals surface area contributed by atoms with Crippen LogP contribution in [0, 0.1) is 5.92 Å². The van der Waals surface area contributed by atoms with Crippen molar-refractivity contribution in [3.63, 3.8) is 0 Å². The van der Waals surface area contributed by atoms with Crippen molar-refractivity contribution in [1.82, 2.24) is 0 Å². The highest BCUT2D eigenvalue weighted by molar-refractivity contribution is 5.88.